The fraction of sp³-hybridized carbons (Fsp3) is 0.370. The Bertz CT molecular complexity index is 1720. The highest BCUT2D eigenvalue weighted by Gasteiger charge is 2.49. The van der Waals surface area contributed by atoms with Crippen LogP contribution in [0.5, 0.6) is 28.7 Å². The van der Waals surface area contributed by atoms with Crippen LogP contribution in [0.4, 0.5) is 0 Å². The summed E-state index contributed by atoms with van der Waals surface area (Å²) in [5.74, 6) is -7.50. The topological polar surface area (TPSA) is 324 Å². The van der Waals surface area contributed by atoms with Crippen LogP contribution in [-0.4, -0.2) is 130 Å². The molecule has 0 unspecified atom stereocenters. The highest BCUT2D eigenvalue weighted by atomic mass is 16.7. The van der Waals surface area contributed by atoms with Crippen molar-refractivity contribution in [2.24, 2.45) is 0 Å². The van der Waals surface area contributed by atoms with Gasteiger partial charge in [-0.25, -0.2) is 9.59 Å². The first kappa shape index (κ1) is 32.7. The van der Waals surface area contributed by atoms with E-state index in [9.17, 15) is 70.6 Å². The third-order valence-electron chi connectivity index (χ3n) is 7.26. The van der Waals surface area contributed by atoms with Crippen LogP contribution in [-0.2, 0) is 19.1 Å². The van der Waals surface area contributed by atoms with Crippen LogP contribution >= 0.6 is 0 Å². The second kappa shape index (κ2) is 12.2. The van der Waals surface area contributed by atoms with Gasteiger partial charge in [0.05, 0.1) is 0 Å². The van der Waals surface area contributed by atoms with Crippen molar-refractivity contribution in [3.63, 3.8) is 0 Å². The van der Waals surface area contributed by atoms with Gasteiger partial charge in [0, 0.05) is 17.7 Å². The summed E-state index contributed by atoms with van der Waals surface area (Å²) in [6.07, 6.45) is -20.6. The lowest BCUT2D eigenvalue weighted by Gasteiger charge is -2.38. The molecule has 1 aromatic heterocycles. The van der Waals surface area contributed by atoms with Gasteiger partial charge in [-0.3, -0.25) is 4.79 Å². The number of aliphatic hydroxyl groups is 6. The van der Waals surface area contributed by atoms with Gasteiger partial charge in [0.25, 0.3) is 0 Å². The van der Waals surface area contributed by atoms with Crippen LogP contribution in [0.2, 0.25) is 0 Å². The number of rotatable bonds is 7. The summed E-state index contributed by atoms with van der Waals surface area (Å²) in [5, 5.41) is 109. The first-order chi connectivity index (χ1) is 21.6. The van der Waals surface area contributed by atoms with E-state index in [0.29, 0.717) is 0 Å². The maximum absolute atomic E-state index is 13.7. The zero-order valence-corrected chi connectivity index (χ0v) is 22.8. The number of benzene rings is 2. The van der Waals surface area contributed by atoms with Gasteiger partial charge in [0.2, 0.25) is 23.8 Å². The molecule has 10 atom stereocenters. The Balaban J connectivity index is 1.61. The molecule has 0 amide bonds. The van der Waals surface area contributed by atoms with Crippen molar-refractivity contribution in [2.45, 2.75) is 61.4 Å². The minimum atomic E-state index is -2.13. The summed E-state index contributed by atoms with van der Waals surface area (Å²) in [6, 6.07) is 4.79. The largest absolute Gasteiger partial charge is 0.507 e. The number of ether oxygens (including phenoxy) is 4. The fourth-order valence-electron chi connectivity index (χ4n) is 4.84. The normalized spacial score (nSPS) is 31.3. The molecule has 0 saturated carbocycles. The molecule has 0 spiro atoms. The SMILES string of the molecule is O=C(O)[C@H]1O[C@@H](Oc2cc(O)c3c(=O)c(O[C@@H]4O[C@H](C(=O)O)[C@@H](O)[C@H](O)[C@H]4O)c(-c4ccc(O)c(O)c4)oc3c2)[C@H](O)[C@@H](O)[C@@H]1O. The molecule has 0 radical (unpaired) electrons. The minimum absolute atomic E-state index is 0.178. The Hall–Kier alpha value is -4.73. The molecule has 2 fully saturated rings. The predicted molar refractivity (Wildman–Crippen MR) is 143 cm³/mol. The van der Waals surface area contributed by atoms with Gasteiger partial charge < -0.3 is 79.5 Å². The molecule has 0 aliphatic carbocycles. The van der Waals surface area contributed by atoms with Gasteiger partial charge in [-0.1, -0.05) is 0 Å². The molecule has 0 bridgehead atoms. The van der Waals surface area contributed by atoms with Crippen molar-refractivity contribution < 1.29 is 89.1 Å². The standard InChI is InChI=1S/C27H26O19/c28-8-2-1-6(3-9(8)29)20-21(44-27-19(37)15(33)17(35)23(46-27)25(40)41)13(31)12-10(30)4-7(5-11(12)43-20)42-26-18(36)14(32)16(34)22(45-26)24(38)39/h1-5,14-19,22-23,26-30,32-37H,(H,38,39)(H,40,41)/t14-,15-,16-,17-,18+,19+,22-,23-,26+,27+/m0/s1. The average molecular weight is 654 g/mol. The van der Waals surface area contributed by atoms with Crippen LogP contribution in [0.3, 0.4) is 0 Å². The Kier molecular flexibility index (Phi) is 8.68. The molecule has 3 heterocycles. The van der Waals surface area contributed by atoms with Crippen LogP contribution < -0.4 is 14.9 Å². The van der Waals surface area contributed by atoms with Gasteiger partial charge in [-0.2, -0.15) is 0 Å². The van der Waals surface area contributed by atoms with Crippen LogP contribution in [0.25, 0.3) is 22.3 Å². The highest BCUT2D eigenvalue weighted by molar-refractivity contribution is 5.88. The van der Waals surface area contributed by atoms with E-state index in [4.69, 9.17) is 23.4 Å². The second-order valence-electron chi connectivity index (χ2n) is 10.3. The van der Waals surface area contributed by atoms with Crippen LogP contribution in [0, 0.1) is 0 Å². The number of hydrogen-bond donors (Lipinski definition) is 11. The monoisotopic (exact) mass is 654 g/mol. The Morgan fingerprint density at radius 2 is 1.20 bits per heavy atom. The van der Waals surface area contributed by atoms with Crippen molar-refractivity contribution in [1.82, 2.24) is 0 Å². The molecule has 2 aromatic carbocycles. The first-order valence-corrected chi connectivity index (χ1v) is 13.1. The van der Waals surface area contributed by atoms with Crippen LogP contribution in [0.15, 0.2) is 39.5 Å². The fourth-order valence-corrected chi connectivity index (χ4v) is 4.84. The third-order valence-corrected chi connectivity index (χ3v) is 7.26. The zero-order chi connectivity index (χ0) is 33.8. The zero-order valence-electron chi connectivity index (χ0n) is 22.8. The number of phenolic OH excluding ortho intramolecular Hbond substituents is 3. The summed E-state index contributed by atoms with van der Waals surface area (Å²) >= 11 is 0. The van der Waals surface area contributed by atoms with Crippen molar-refractivity contribution >= 4 is 22.9 Å². The van der Waals surface area contributed by atoms with Crippen LogP contribution in [0.1, 0.15) is 0 Å². The summed E-state index contributed by atoms with van der Waals surface area (Å²) in [4.78, 5) is 36.7. The van der Waals surface area contributed by atoms with E-state index in [1.165, 1.54) is 0 Å². The van der Waals surface area contributed by atoms with E-state index in [2.05, 4.69) is 0 Å². The number of aliphatic carboxylic acids is 2. The van der Waals surface area contributed by atoms with Gasteiger partial charge in [-0.15, -0.1) is 0 Å². The summed E-state index contributed by atoms with van der Waals surface area (Å²) in [5.41, 5.74) is -1.86. The maximum atomic E-state index is 13.7. The summed E-state index contributed by atoms with van der Waals surface area (Å²) < 4.78 is 26.8. The summed E-state index contributed by atoms with van der Waals surface area (Å²) in [7, 11) is 0. The van der Waals surface area contributed by atoms with E-state index < -0.39 is 124 Å². The molecule has 2 aliphatic heterocycles. The Labute approximate surface area is 254 Å². The lowest BCUT2D eigenvalue weighted by Crippen LogP contribution is -2.61. The lowest BCUT2D eigenvalue weighted by molar-refractivity contribution is -0.271. The quantitative estimate of drug-likeness (QED) is 0.114. The number of aliphatic hydroxyl groups excluding tert-OH is 6. The van der Waals surface area contributed by atoms with Crippen molar-refractivity contribution in [2.75, 3.05) is 0 Å². The minimum Gasteiger partial charge on any atom is -0.507 e. The van der Waals surface area contributed by atoms with Crippen molar-refractivity contribution in [3.05, 3.63) is 40.6 Å². The van der Waals surface area contributed by atoms with E-state index in [-0.39, 0.29) is 5.56 Å². The average Bonchev–Trinajstić information content (AvgIpc) is 2.99. The van der Waals surface area contributed by atoms with Gasteiger partial charge >= 0.3 is 11.9 Å². The number of carboxylic acids is 2. The number of fused-ring (bicyclic) bond motifs is 1. The van der Waals surface area contributed by atoms with Gasteiger partial charge in [0.15, 0.2) is 29.5 Å². The van der Waals surface area contributed by atoms with E-state index >= 15 is 0 Å². The smallest absolute Gasteiger partial charge is 0.335 e. The molecule has 19 nitrogen and oxygen atoms in total. The maximum Gasteiger partial charge on any atom is 0.335 e. The first-order valence-electron chi connectivity index (χ1n) is 13.1. The number of carboxylic acid groups (broad SMARTS) is 2. The Morgan fingerprint density at radius 3 is 1.72 bits per heavy atom. The lowest BCUT2D eigenvalue weighted by atomic mass is 9.99. The number of carbonyl (C=O) groups is 2. The molecule has 46 heavy (non-hydrogen) atoms. The third kappa shape index (κ3) is 5.72. The Morgan fingerprint density at radius 1 is 0.652 bits per heavy atom. The van der Waals surface area contributed by atoms with E-state index in [1.54, 1.807) is 0 Å². The van der Waals surface area contributed by atoms with Gasteiger partial charge in [0.1, 0.15) is 59.1 Å². The van der Waals surface area contributed by atoms with Crippen molar-refractivity contribution in [3.8, 4) is 40.1 Å². The molecular weight excluding hydrogens is 628 g/mol. The molecule has 248 valence electrons. The molecule has 19 heteroatoms. The highest BCUT2D eigenvalue weighted by Crippen LogP contribution is 2.40. The predicted octanol–water partition coefficient (Wildman–Crippen LogP) is -2.88. The van der Waals surface area contributed by atoms with E-state index in [0.717, 1.165) is 30.3 Å². The van der Waals surface area contributed by atoms with E-state index in [1.807, 2.05) is 0 Å². The van der Waals surface area contributed by atoms with Crippen molar-refractivity contribution in [1.29, 1.82) is 0 Å². The summed E-state index contributed by atoms with van der Waals surface area (Å²) in [6.45, 7) is 0. The molecule has 2 aliphatic rings. The number of aromatic hydroxyl groups is 3. The molecule has 2 saturated heterocycles. The molecular formula is C27H26O19. The molecule has 5 rings (SSSR count). The second-order valence-corrected chi connectivity index (χ2v) is 10.3. The van der Waals surface area contributed by atoms with Gasteiger partial charge in [-0.05, 0) is 18.2 Å². The number of phenols is 3. The molecule has 11 N–H and O–H groups in total. The molecule has 3 aromatic rings. The number of hydrogen-bond acceptors (Lipinski definition) is 17.